The molecule has 228 valence electrons. The number of pyridine rings is 1. The minimum Gasteiger partial charge on any atom is -0.492 e. The lowest BCUT2D eigenvalue weighted by molar-refractivity contribution is -0.122. The zero-order valence-electron chi connectivity index (χ0n) is 25.0. The number of halogens is 1. The topological polar surface area (TPSA) is 124 Å². The first-order valence-electron chi connectivity index (χ1n) is 15.0. The Morgan fingerprint density at radius 1 is 1.11 bits per heavy atom. The Balaban J connectivity index is 1.22. The molecule has 1 saturated carbocycles. The van der Waals surface area contributed by atoms with Crippen molar-refractivity contribution in [2.24, 2.45) is 5.92 Å². The van der Waals surface area contributed by atoms with Crippen LogP contribution in [-0.2, 0) is 4.79 Å². The lowest BCUT2D eigenvalue weighted by Crippen LogP contribution is -2.28. The van der Waals surface area contributed by atoms with Gasteiger partial charge in [0.1, 0.15) is 23.9 Å². The fraction of sp³-hybridized carbons (Fsp3) is 0.235. The van der Waals surface area contributed by atoms with Crippen LogP contribution < -0.4 is 25.9 Å². The van der Waals surface area contributed by atoms with E-state index in [0.29, 0.717) is 40.6 Å². The summed E-state index contributed by atoms with van der Waals surface area (Å²) in [7, 11) is 3.93. The summed E-state index contributed by atoms with van der Waals surface area (Å²) in [6, 6.07) is 12.4. The Morgan fingerprint density at radius 2 is 2.00 bits per heavy atom. The molecule has 0 bridgehead atoms. The molecule has 1 amide bonds. The molecule has 0 radical (unpaired) electrons. The average molecular weight is 605 g/mol. The number of hydrogen-bond donors (Lipinski definition) is 4. The fourth-order valence-electron chi connectivity index (χ4n) is 5.49. The van der Waals surface area contributed by atoms with Crippen molar-refractivity contribution in [1.29, 1.82) is 0 Å². The van der Waals surface area contributed by atoms with Crippen molar-refractivity contribution in [3.05, 3.63) is 83.0 Å². The van der Waals surface area contributed by atoms with Crippen molar-refractivity contribution in [3.8, 4) is 28.4 Å². The van der Waals surface area contributed by atoms with Gasteiger partial charge < -0.3 is 25.3 Å². The summed E-state index contributed by atoms with van der Waals surface area (Å²) >= 11 is 0. The lowest BCUT2D eigenvalue weighted by atomic mass is 9.85. The van der Waals surface area contributed by atoms with E-state index in [2.05, 4.69) is 30.8 Å². The van der Waals surface area contributed by atoms with Gasteiger partial charge in [-0.2, -0.15) is 5.10 Å². The van der Waals surface area contributed by atoms with Gasteiger partial charge in [0.05, 0.1) is 28.3 Å². The maximum Gasteiger partial charge on any atom is 0.227 e. The van der Waals surface area contributed by atoms with E-state index in [1.165, 1.54) is 12.1 Å². The summed E-state index contributed by atoms with van der Waals surface area (Å²) in [5, 5.41) is 15.5. The maximum atomic E-state index is 14.7. The van der Waals surface area contributed by atoms with Crippen LogP contribution in [0.5, 0.6) is 5.75 Å². The number of ether oxygens (including phenoxy) is 1. The van der Waals surface area contributed by atoms with Gasteiger partial charge in [-0.3, -0.25) is 14.9 Å². The van der Waals surface area contributed by atoms with Crippen LogP contribution in [0.4, 0.5) is 10.1 Å². The zero-order chi connectivity index (χ0) is 30.9. The molecule has 0 saturated heterocycles. The molecule has 0 unspecified atom stereocenters. The third-order valence-corrected chi connectivity index (χ3v) is 8.14. The van der Waals surface area contributed by atoms with E-state index < -0.39 is 0 Å². The average Bonchev–Trinajstić information content (AvgIpc) is 3.53. The van der Waals surface area contributed by atoms with Crippen LogP contribution in [0.25, 0.3) is 51.5 Å². The van der Waals surface area contributed by atoms with Gasteiger partial charge in [0.15, 0.2) is 5.82 Å². The molecule has 7 rings (SSSR count). The van der Waals surface area contributed by atoms with E-state index in [4.69, 9.17) is 9.72 Å². The molecule has 10 nitrogen and oxygen atoms in total. The number of para-hydroxylation sites is 1. The van der Waals surface area contributed by atoms with E-state index in [1.54, 1.807) is 12.4 Å². The maximum absolute atomic E-state index is 14.7. The highest BCUT2D eigenvalue weighted by Crippen LogP contribution is 2.32. The molecule has 2 aliphatic rings. The normalized spacial score (nSPS) is 14.4. The van der Waals surface area contributed by atoms with Crippen LogP contribution in [0.3, 0.4) is 0 Å². The highest BCUT2D eigenvalue weighted by atomic mass is 19.1. The van der Waals surface area contributed by atoms with E-state index in [1.807, 2.05) is 67.8 Å². The van der Waals surface area contributed by atoms with Gasteiger partial charge in [0.25, 0.3) is 0 Å². The molecule has 2 aromatic carbocycles. The summed E-state index contributed by atoms with van der Waals surface area (Å²) in [6.45, 7) is 1.17. The number of fused-ring (bicyclic) bond motifs is 2. The second-order valence-corrected chi connectivity index (χ2v) is 11.6. The smallest absolute Gasteiger partial charge is 0.227 e. The second-order valence-electron chi connectivity index (χ2n) is 11.6. The number of anilines is 1. The number of aromatic amines is 2. The molecule has 4 N–H and O–H groups in total. The number of nitrogens with one attached hydrogen (secondary N) is 4. The van der Waals surface area contributed by atoms with E-state index >= 15 is 0 Å². The summed E-state index contributed by atoms with van der Waals surface area (Å²) < 4.78 is 20.5. The number of benzene rings is 2. The highest BCUT2D eigenvalue weighted by molar-refractivity contribution is 5.96. The van der Waals surface area contributed by atoms with Crippen LogP contribution in [0.1, 0.15) is 24.8 Å². The third kappa shape index (κ3) is 5.94. The van der Waals surface area contributed by atoms with Gasteiger partial charge in [-0.1, -0.05) is 18.6 Å². The lowest BCUT2D eigenvalue weighted by Gasteiger charge is -2.24. The minimum absolute atomic E-state index is 0.0421. The molecular weight excluding hydrogens is 571 g/mol. The summed E-state index contributed by atoms with van der Waals surface area (Å²) in [5.41, 5.74) is 5.93. The standard InChI is InChI=1S/C34H33FN8O2/c1-43(2)9-10-45-26-13-21(11-24(35)15-26)27-7-4-8-29-31(27)40-33(39-29)32-28-14-23(17-37-19-30(28)41-42-32)22-12-25(18-36-16-22)38-34(44)20-5-3-6-20/h4,7-8,11-20,37,41H,3,5-6,9-10H2,1-2H3,(H,38,44)(H,39,40). The van der Waals surface area contributed by atoms with Gasteiger partial charge >= 0.3 is 0 Å². The molecular formula is C34H33FN8O2. The minimum atomic E-state index is -0.379. The van der Waals surface area contributed by atoms with Crippen molar-refractivity contribution in [3.63, 3.8) is 0 Å². The first kappa shape index (κ1) is 28.5. The monoisotopic (exact) mass is 604 g/mol. The van der Waals surface area contributed by atoms with Crippen LogP contribution >= 0.6 is 0 Å². The summed E-state index contributed by atoms with van der Waals surface area (Å²) in [4.78, 5) is 27.3. The molecule has 0 atom stereocenters. The molecule has 1 aliphatic heterocycles. The number of aromatic nitrogens is 5. The number of likely N-dealkylation sites (N-methyl/N-ethyl adjacent to an activating group) is 1. The van der Waals surface area contributed by atoms with E-state index in [9.17, 15) is 9.18 Å². The Hall–Kier alpha value is -5.29. The number of rotatable bonds is 9. The predicted octanol–water partition coefficient (Wildman–Crippen LogP) is 4.00. The van der Waals surface area contributed by atoms with Crippen LogP contribution in [0.15, 0.2) is 61.1 Å². The van der Waals surface area contributed by atoms with E-state index in [-0.39, 0.29) is 17.6 Å². The van der Waals surface area contributed by atoms with Gasteiger partial charge in [-0.25, -0.2) is 9.37 Å². The molecule has 11 heteroatoms. The van der Waals surface area contributed by atoms with Gasteiger partial charge in [-0.05, 0) is 62.8 Å². The Kier molecular flexibility index (Phi) is 7.60. The Labute approximate surface area is 258 Å². The van der Waals surface area contributed by atoms with Gasteiger partial charge in [0.2, 0.25) is 5.91 Å². The quantitative estimate of drug-likeness (QED) is 0.201. The number of carbonyl (C=O) groups is 1. The van der Waals surface area contributed by atoms with Crippen molar-refractivity contribution in [2.75, 3.05) is 32.6 Å². The zero-order valence-corrected chi connectivity index (χ0v) is 25.0. The van der Waals surface area contributed by atoms with Crippen molar-refractivity contribution in [2.45, 2.75) is 19.3 Å². The van der Waals surface area contributed by atoms with Crippen molar-refractivity contribution < 1.29 is 13.9 Å². The largest absolute Gasteiger partial charge is 0.492 e. The Morgan fingerprint density at radius 3 is 2.82 bits per heavy atom. The molecule has 1 fully saturated rings. The number of hydrogen-bond acceptors (Lipinski definition) is 7. The molecule has 3 aromatic heterocycles. The van der Waals surface area contributed by atoms with Crippen molar-refractivity contribution in [1.82, 2.24) is 35.4 Å². The molecule has 0 spiro atoms. The summed E-state index contributed by atoms with van der Waals surface area (Å²) in [5.74, 6) is 0.782. The molecule has 4 heterocycles. The molecule has 5 aromatic rings. The number of amides is 1. The van der Waals surface area contributed by atoms with Crippen LogP contribution in [0, 0.1) is 11.7 Å². The van der Waals surface area contributed by atoms with Gasteiger partial charge in [-0.15, -0.1) is 0 Å². The Bertz CT molecular complexity index is 2060. The number of carbonyl (C=O) groups excluding carboxylic acids is 1. The van der Waals surface area contributed by atoms with Crippen molar-refractivity contribution >= 4 is 40.5 Å². The number of allylic oxidation sites excluding steroid dienone is 1. The molecule has 45 heavy (non-hydrogen) atoms. The highest BCUT2D eigenvalue weighted by Gasteiger charge is 2.25. The predicted molar refractivity (Wildman–Crippen MR) is 173 cm³/mol. The van der Waals surface area contributed by atoms with Crippen LogP contribution in [0.2, 0.25) is 0 Å². The SMILES string of the molecule is CN(C)CCOc1cc(F)cc(-c2cccc3[nH]c(-c4n[nH]c5c4=CC(c4cncc(NC(=O)C6CCC6)c4)=CNC=5)nc23)c1. The molecule has 1 aliphatic carbocycles. The van der Waals surface area contributed by atoms with Gasteiger partial charge in [0, 0.05) is 59.0 Å². The number of nitrogens with zero attached hydrogens (tertiary/aromatic N) is 4. The van der Waals surface area contributed by atoms with E-state index in [0.717, 1.165) is 58.6 Å². The fourth-order valence-corrected chi connectivity index (χ4v) is 5.49. The number of imidazole rings is 1. The van der Waals surface area contributed by atoms with Crippen LogP contribution in [-0.4, -0.2) is 63.2 Å². The first-order valence-corrected chi connectivity index (χ1v) is 15.0. The first-order chi connectivity index (χ1) is 21.9. The second kappa shape index (κ2) is 12.0. The number of H-pyrrole nitrogens is 2. The third-order valence-electron chi connectivity index (χ3n) is 8.14. The summed E-state index contributed by atoms with van der Waals surface area (Å²) in [6.07, 6.45) is 12.1.